The Hall–Kier alpha value is -2.18. The predicted molar refractivity (Wildman–Crippen MR) is 80.0 cm³/mol. The molecule has 1 aliphatic rings. The summed E-state index contributed by atoms with van der Waals surface area (Å²) in [6.45, 7) is 8.95. The SMILES string of the molecule is C=CC(=O)N(CC)CC(=O)N1CCC(c2nnc(C)o2)CC1. The van der Waals surface area contributed by atoms with Gasteiger partial charge in [-0.1, -0.05) is 6.58 Å². The Balaban J connectivity index is 1.86. The van der Waals surface area contributed by atoms with E-state index in [1.165, 1.54) is 11.0 Å². The number of likely N-dealkylation sites (N-methyl/N-ethyl adjacent to an activating group) is 1. The van der Waals surface area contributed by atoms with Crippen molar-refractivity contribution < 1.29 is 14.0 Å². The number of aryl methyl sites for hydroxylation is 1. The molecule has 0 radical (unpaired) electrons. The third-order valence-electron chi connectivity index (χ3n) is 3.93. The van der Waals surface area contributed by atoms with Crippen LogP contribution in [-0.2, 0) is 9.59 Å². The van der Waals surface area contributed by atoms with Gasteiger partial charge in [0.15, 0.2) is 0 Å². The molecular formula is C15H22N4O3. The fourth-order valence-corrected chi connectivity index (χ4v) is 2.59. The molecule has 2 rings (SSSR count). The average Bonchev–Trinajstić information content (AvgIpc) is 2.98. The summed E-state index contributed by atoms with van der Waals surface area (Å²) in [6, 6.07) is 0. The van der Waals surface area contributed by atoms with Gasteiger partial charge in [-0.25, -0.2) is 0 Å². The molecule has 0 aliphatic carbocycles. The van der Waals surface area contributed by atoms with E-state index in [0.29, 0.717) is 31.4 Å². The van der Waals surface area contributed by atoms with Crippen molar-refractivity contribution in [3.8, 4) is 0 Å². The lowest BCUT2D eigenvalue weighted by Gasteiger charge is -2.32. The van der Waals surface area contributed by atoms with Gasteiger partial charge in [0.2, 0.25) is 23.6 Å². The summed E-state index contributed by atoms with van der Waals surface area (Å²) in [5.74, 6) is 1.18. The number of carbonyl (C=O) groups excluding carboxylic acids is 2. The number of hydrogen-bond acceptors (Lipinski definition) is 5. The monoisotopic (exact) mass is 306 g/mol. The maximum absolute atomic E-state index is 12.3. The van der Waals surface area contributed by atoms with E-state index in [1.54, 1.807) is 11.8 Å². The first-order valence-electron chi connectivity index (χ1n) is 7.54. The molecule has 1 aromatic heterocycles. The topological polar surface area (TPSA) is 79.5 Å². The summed E-state index contributed by atoms with van der Waals surface area (Å²) in [5.41, 5.74) is 0. The summed E-state index contributed by atoms with van der Waals surface area (Å²) in [6.07, 6.45) is 2.84. The zero-order chi connectivity index (χ0) is 16.1. The summed E-state index contributed by atoms with van der Waals surface area (Å²) in [7, 11) is 0. The molecule has 1 fully saturated rings. The molecule has 7 heteroatoms. The minimum atomic E-state index is -0.216. The number of aromatic nitrogens is 2. The second kappa shape index (κ2) is 7.20. The zero-order valence-corrected chi connectivity index (χ0v) is 13.1. The van der Waals surface area contributed by atoms with Gasteiger partial charge in [0.05, 0.1) is 6.54 Å². The van der Waals surface area contributed by atoms with Crippen LogP contribution in [-0.4, -0.2) is 58.0 Å². The largest absolute Gasteiger partial charge is 0.425 e. The van der Waals surface area contributed by atoms with Gasteiger partial charge in [0.1, 0.15) is 0 Å². The molecule has 2 amide bonds. The average molecular weight is 306 g/mol. The summed E-state index contributed by atoms with van der Waals surface area (Å²) in [4.78, 5) is 27.2. The van der Waals surface area contributed by atoms with Crippen LogP contribution >= 0.6 is 0 Å². The third-order valence-corrected chi connectivity index (χ3v) is 3.93. The first-order chi connectivity index (χ1) is 10.5. The highest BCUT2D eigenvalue weighted by molar-refractivity contribution is 5.90. The number of hydrogen-bond donors (Lipinski definition) is 0. The van der Waals surface area contributed by atoms with E-state index in [4.69, 9.17) is 4.42 Å². The number of rotatable bonds is 5. The highest BCUT2D eigenvalue weighted by Crippen LogP contribution is 2.26. The van der Waals surface area contributed by atoms with Crippen LogP contribution in [0.2, 0.25) is 0 Å². The molecule has 0 spiro atoms. The van der Waals surface area contributed by atoms with Gasteiger partial charge in [-0.3, -0.25) is 9.59 Å². The molecule has 7 nitrogen and oxygen atoms in total. The van der Waals surface area contributed by atoms with Crippen LogP contribution in [0.1, 0.15) is 37.5 Å². The number of nitrogens with zero attached hydrogens (tertiary/aromatic N) is 4. The molecule has 0 saturated carbocycles. The second-order valence-electron chi connectivity index (χ2n) is 5.37. The van der Waals surface area contributed by atoms with Gasteiger partial charge in [-0.15, -0.1) is 10.2 Å². The summed E-state index contributed by atoms with van der Waals surface area (Å²) in [5, 5.41) is 7.90. The first-order valence-corrected chi connectivity index (χ1v) is 7.54. The Morgan fingerprint density at radius 2 is 2.09 bits per heavy atom. The van der Waals surface area contributed by atoms with Crippen molar-refractivity contribution in [2.24, 2.45) is 0 Å². The van der Waals surface area contributed by atoms with Crippen LogP contribution < -0.4 is 0 Å². The molecule has 1 aromatic rings. The number of likely N-dealkylation sites (tertiary alicyclic amines) is 1. The minimum absolute atomic E-state index is 0.0304. The Labute approximate surface area is 130 Å². The van der Waals surface area contributed by atoms with Crippen molar-refractivity contribution in [2.45, 2.75) is 32.6 Å². The van der Waals surface area contributed by atoms with Crippen LogP contribution in [0, 0.1) is 6.92 Å². The van der Waals surface area contributed by atoms with Gasteiger partial charge >= 0.3 is 0 Å². The van der Waals surface area contributed by atoms with Crippen molar-refractivity contribution in [1.29, 1.82) is 0 Å². The fourth-order valence-electron chi connectivity index (χ4n) is 2.59. The van der Waals surface area contributed by atoms with E-state index >= 15 is 0 Å². The van der Waals surface area contributed by atoms with Gasteiger partial charge in [-0.05, 0) is 25.8 Å². The highest BCUT2D eigenvalue weighted by atomic mass is 16.4. The lowest BCUT2D eigenvalue weighted by atomic mass is 9.97. The number of carbonyl (C=O) groups is 2. The Kier molecular flexibility index (Phi) is 5.30. The molecule has 1 aliphatic heterocycles. The molecule has 0 bridgehead atoms. The normalized spacial score (nSPS) is 15.6. The van der Waals surface area contributed by atoms with Crippen molar-refractivity contribution in [1.82, 2.24) is 20.0 Å². The van der Waals surface area contributed by atoms with Gasteiger partial charge in [0, 0.05) is 32.5 Å². The van der Waals surface area contributed by atoms with E-state index in [0.717, 1.165) is 12.8 Å². The molecule has 0 aromatic carbocycles. The number of amides is 2. The lowest BCUT2D eigenvalue weighted by molar-refractivity contribution is -0.138. The third kappa shape index (κ3) is 3.72. The zero-order valence-electron chi connectivity index (χ0n) is 13.1. The van der Waals surface area contributed by atoms with Crippen molar-refractivity contribution in [2.75, 3.05) is 26.2 Å². The quantitative estimate of drug-likeness (QED) is 0.762. The van der Waals surface area contributed by atoms with E-state index < -0.39 is 0 Å². The predicted octanol–water partition coefficient (Wildman–Crippen LogP) is 1.12. The molecule has 22 heavy (non-hydrogen) atoms. The molecule has 0 atom stereocenters. The molecule has 0 N–H and O–H groups in total. The van der Waals surface area contributed by atoms with Gasteiger partial charge in [0.25, 0.3) is 0 Å². The Morgan fingerprint density at radius 3 is 2.59 bits per heavy atom. The standard InChI is InChI=1S/C15H22N4O3/c1-4-13(20)18(5-2)10-14(21)19-8-6-12(7-9-19)15-17-16-11(3)22-15/h4,12H,1,5-10H2,2-3H3. The number of piperidine rings is 1. The minimum Gasteiger partial charge on any atom is -0.425 e. The van der Waals surface area contributed by atoms with E-state index in [-0.39, 0.29) is 24.3 Å². The van der Waals surface area contributed by atoms with Crippen LogP contribution in [0.5, 0.6) is 0 Å². The van der Waals surface area contributed by atoms with E-state index in [9.17, 15) is 9.59 Å². The molecular weight excluding hydrogens is 284 g/mol. The van der Waals surface area contributed by atoms with Gasteiger partial charge in [-0.2, -0.15) is 0 Å². The maximum Gasteiger partial charge on any atom is 0.246 e. The Morgan fingerprint density at radius 1 is 1.41 bits per heavy atom. The van der Waals surface area contributed by atoms with Crippen LogP contribution in [0.15, 0.2) is 17.1 Å². The molecule has 120 valence electrons. The second-order valence-corrected chi connectivity index (χ2v) is 5.37. The highest BCUT2D eigenvalue weighted by Gasteiger charge is 2.28. The van der Waals surface area contributed by atoms with E-state index in [1.807, 2.05) is 6.92 Å². The van der Waals surface area contributed by atoms with Crippen molar-refractivity contribution in [3.63, 3.8) is 0 Å². The maximum atomic E-state index is 12.3. The fraction of sp³-hybridized carbons (Fsp3) is 0.600. The molecule has 1 saturated heterocycles. The smallest absolute Gasteiger partial charge is 0.246 e. The van der Waals surface area contributed by atoms with Gasteiger partial charge < -0.3 is 14.2 Å². The molecule has 0 unspecified atom stereocenters. The van der Waals surface area contributed by atoms with Crippen molar-refractivity contribution >= 4 is 11.8 Å². The van der Waals surface area contributed by atoms with Crippen LogP contribution in [0.3, 0.4) is 0 Å². The van der Waals surface area contributed by atoms with Crippen LogP contribution in [0.25, 0.3) is 0 Å². The lowest BCUT2D eigenvalue weighted by Crippen LogP contribution is -2.45. The van der Waals surface area contributed by atoms with Crippen LogP contribution in [0.4, 0.5) is 0 Å². The summed E-state index contributed by atoms with van der Waals surface area (Å²) < 4.78 is 5.46. The Bertz CT molecular complexity index is 547. The first kappa shape index (κ1) is 16.2. The van der Waals surface area contributed by atoms with Crippen molar-refractivity contribution in [3.05, 3.63) is 24.4 Å². The summed E-state index contributed by atoms with van der Waals surface area (Å²) >= 11 is 0. The molecule has 2 heterocycles. The van der Waals surface area contributed by atoms with E-state index in [2.05, 4.69) is 16.8 Å².